The van der Waals surface area contributed by atoms with Crippen molar-refractivity contribution in [2.24, 2.45) is 5.41 Å². The molecule has 1 unspecified atom stereocenters. The van der Waals surface area contributed by atoms with E-state index in [0.29, 0.717) is 5.41 Å². The Morgan fingerprint density at radius 1 is 1.58 bits per heavy atom. The topological polar surface area (TPSA) is 20.2 Å². The van der Waals surface area contributed by atoms with Gasteiger partial charge in [0, 0.05) is 0 Å². The van der Waals surface area contributed by atoms with Gasteiger partial charge >= 0.3 is 0 Å². The summed E-state index contributed by atoms with van der Waals surface area (Å²) in [6, 6.07) is 0. The zero-order chi connectivity index (χ0) is 9.19. The van der Waals surface area contributed by atoms with Crippen LogP contribution in [0.2, 0.25) is 0 Å². The molecule has 1 rings (SSSR count). The summed E-state index contributed by atoms with van der Waals surface area (Å²) in [5.41, 5.74) is 1.75. The number of aliphatic hydroxyl groups excluding tert-OH is 1. The predicted molar refractivity (Wildman–Crippen MR) is 52.0 cm³/mol. The minimum Gasteiger partial charge on any atom is -0.389 e. The quantitative estimate of drug-likeness (QED) is 0.629. The Hall–Kier alpha value is -0.300. The maximum atomic E-state index is 9.57. The molecule has 0 heterocycles. The van der Waals surface area contributed by atoms with Crippen LogP contribution >= 0.6 is 0 Å². The molecule has 0 aromatic rings. The summed E-state index contributed by atoms with van der Waals surface area (Å²) in [4.78, 5) is 0. The maximum Gasteiger partial charge on any atom is 0.0728 e. The normalized spacial score (nSPS) is 28.3. The van der Waals surface area contributed by atoms with Crippen molar-refractivity contribution in [2.45, 2.75) is 52.6 Å². The Kier molecular flexibility index (Phi) is 2.94. The summed E-state index contributed by atoms with van der Waals surface area (Å²) in [7, 11) is 0. The van der Waals surface area contributed by atoms with Crippen molar-refractivity contribution in [3.05, 3.63) is 11.6 Å². The summed E-state index contributed by atoms with van der Waals surface area (Å²) in [6.45, 7) is 6.66. The molecule has 0 fully saturated rings. The fraction of sp³-hybridized carbons (Fsp3) is 0.818. The van der Waals surface area contributed by atoms with Crippen LogP contribution in [0.4, 0.5) is 0 Å². The van der Waals surface area contributed by atoms with Crippen LogP contribution in [0.1, 0.15) is 46.5 Å². The molecular formula is C11H20O. The minimum absolute atomic E-state index is 0.199. The first-order chi connectivity index (χ1) is 5.53. The lowest BCUT2D eigenvalue weighted by atomic mass is 9.75. The molecule has 0 amide bonds. The second-order valence-electron chi connectivity index (χ2n) is 4.69. The second kappa shape index (κ2) is 3.61. The van der Waals surface area contributed by atoms with E-state index in [1.165, 1.54) is 12.0 Å². The number of hydrogen-bond donors (Lipinski definition) is 1. The monoisotopic (exact) mass is 168 g/mol. The van der Waals surface area contributed by atoms with Crippen molar-refractivity contribution in [1.82, 2.24) is 0 Å². The molecule has 0 saturated heterocycles. The third-order valence-electron chi connectivity index (χ3n) is 2.47. The van der Waals surface area contributed by atoms with Gasteiger partial charge in [-0.25, -0.2) is 0 Å². The molecule has 1 heteroatoms. The lowest BCUT2D eigenvalue weighted by Gasteiger charge is -2.32. The molecule has 1 N–H and O–H groups in total. The number of rotatable bonds is 2. The molecule has 0 aromatic carbocycles. The van der Waals surface area contributed by atoms with Crippen LogP contribution < -0.4 is 0 Å². The van der Waals surface area contributed by atoms with E-state index in [4.69, 9.17) is 0 Å². The van der Waals surface area contributed by atoms with E-state index in [9.17, 15) is 5.11 Å². The first-order valence-corrected chi connectivity index (χ1v) is 4.91. The van der Waals surface area contributed by atoms with Crippen molar-refractivity contribution >= 4 is 0 Å². The van der Waals surface area contributed by atoms with Gasteiger partial charge < -0.3 is 5.11 Å². The number of aliphatic hydroxyl groups is 1. The van der Waals surface area contributed by atoms with E-state index < -0.39 is 0 Å². The van der Waals surface area contributed by atoms with E-state index in [2.05, 4.69) is 26.8 Å². The summed E-state index contributed by atoms with van der Waals surface area (Å²) < 4.78 is 0. The zero-order valence-electron chi connectivity index (χ0n) is 8.43. The second-order valence-corrected chi connectivity index (χ2v) is 4.69. The highest BCUT2D eigenvalue weighted by molar-refractivity contribution is 5.12. The molecule has 0 saturated carbocycles. The molecule has 0 aliphatic heterocycles. The molecule has 1 aliphatic carbocycles. The summed E-state index contributed by atoms with van der Waals surface area (Å²) in [6.07, 6.45) is 6.28. The number of hydrogen-bond acceptors (Lipinski definition) is 1. The largest absolute Gasteiger partial charge is 0.389 e. The van der Waals surface area contributed by atoms with Crippen LogP contribution in [-0.4, -0.2) is 11.2 Å². The first kappa shape index (κ1) is 9.79. The molecule has 0 spiro atoms. The SMILES string of the molecule is CCCC1=CC(O)CC(C)(C)C1. The van der Waals surface area contributed by atoms with E-state index in [0.717, 1.165) is 19.3 Å². The van der Waals surface area contributed by atoms with Gasteiger partial charge in [0.25, 0.3) is 0 Å². The van der Waals surface area contributed by atoms with E-state index in [1.807, 2.05) is 0 Å². The van der Waals surface area contributed by atoms with Gasteiger partial charge in [-0.05, 0) is 24.7 Å². The average Bonchev–Trinajstić information content (AvgIpc) is 1.82. The van der Waals surface area contributed by atoms with Gasteiger partial charge in [-0.15, -0.1) is 0 Å². The first-order valence-electron chi connectivity index (χ1n) is 4.91. The highest BCUT2D eigenvalue weighted by Gasteiger charge is 2.26. The van der Waals surface area contributed by atoms with Crippen LogP contribution in [0.5, 0.6) is 0 Å². The minimum atomic E-state index is -0.199. The van der Waals surface area contributed by atoms with Gasteiger partial charge in [-0.2, -0.15) is 0 Å². The Morgan fingerprint density at radius 2 is 2.25 bits per heavy atom. The highest BCUT2D eigenvalue weighted by Crippen LogP contribution is 2.36. The van der Waals surface area contributed by atoms with Gasteiger partial charge in [0.05, 0.1) is 6.10 Å². The third kappa shape index (κ3) is 2.63. The molecule has 70 valence electrons. The van der Waals surface area contributed by atoms with E-state index >= 15 is 0 Å². The fourth-order valence-electron chi connectivity index (χ4n) is 2.14. The van der Waals surface area contributed by atoms with E-state index in [-0.39, 0.29) is 6.10 Å². The van der Waals surface area contributed by atoms with Crippen molar-refractivity contribution in [1.29, 1.82) is 0 Å². The van der Waals surface area contributed by atoms with Crippen molar-refractivity contribution < 1.29 is 5.11 Å². The lowest BCUT2D eigenvalue weighted by molar-refractivity contribution is 0.137. The van der Waals surface area contributed by atoms with Crippen LogP contribution in [-0.2, 0) is 0 Å². The van der Waals surface area contributed by atoms with Crippen molar-refractivity contribution in [3.8, 4) is 0 Å². The van der Waals surface area contributed by atoms with Crippen molar-refractivity contribution in [2.75, 3.05) is 0 Å². The number of allylic oxidation sites excluding steroid dienone is 1. The Labute approximate surface area is 75.5 Å². The van der Waals surface area contributed by atoms with Crippen molar-refractivity contribution in [3.63, 3.8) is 0 Å². The lowest BCUT2D eigenvalue weighted by Crippen LogP contribution is -2.24. The zero-order valence-corrected chi connectivity index (χ0v) is 8.43. The average molecular weight is 168 g/mol. The molecule has 12 heavy (non-hydrogen) atoms. The molecule has 1 atom stereocenters. The molecule has 0 aromatic heterocycles. The smallest absolute Gasteiger partial charge is 0.0728 e. The maximum absolute atomic E-state index is 9.57. The Balaban J connectivity index is 2.63. The third-order valence-corrected chi connectivity index (χ3v) is 2.47. The summed E-state index contributed by atoms with van der Waals surface area (Å²) in [5, 5.41) is 9.57. The molecule has 0 bridgehead atoms. The van der Waals surface area contributed by atoms with Crippen LogP contribution in [0.25, 0.3) is 0 Å². The van der Waals surface area contributed by atoms with Gasteiger partial charge in [-0.1, -0.05) is 38.8 Å². The highest BCUT2D eigenvalue weighted by atomic mass is 16.3. The van der Waals surface area contributed by atoms with Gasteiger partial charge in [0.1, 0.15) is 0 Å². The van der Waals surface area contributed by atoms with Gasteiger partial charge in [-0.3, -0.25) is 0 Å². The van der Waals surface area contributed by atoms with Gasteiger partial charge in [0.2, 0.25) is 0 Å². The Morgan fingerprint density at radius 3 is 2.75 bits per heavy atom. The molecule has 1 nitrogen and oxygen atoms in total. The van der Waals surface area contributed by atoms with E-state index in [1.54, 1.807) is 0 Å². The van der Waals surface area contributed by atoms with Gasteiger partial charge in [0.15, 0.2) is 0 Å². The standard InChI is InChI=1S/C11H20O/c1-4-5-9-6-10(12)8-11(2,3)7-9/h6,10,12H,4-5,7-8H2,1-3H3. The molecule has 1 aliphatic rings. The Bertz CT molecular complexity index is 179. The summed E-state index contributed by atoms with van der Waals surface area (Å²) in [5.74, 6) is 0. The fourth-order valence-corrected chi connectivity index (χ4v) is 2.14. The molecule has 0 radical (unpaired) electrons. The van der Waals surface area contributed by atoms with Crippen LogP contribution in [0.15, 0.2) is 11.6 Å². The molecular weight excluding hydrogens is 148 g/mol. The predicted octanol–water partition coefficient (Wildman–Crippen LogP) is 2.89. The van der Waals surface area contributed by atoms with Crippen LogP contribution in [0.3, 0.4) is 0 Å². The summed E-state index contributed by atoms with van der Waals surface area (Å²) >= 11 is 0. The van der Waals surface area contributed by atoms with Crippen LogP contribution in [0, 0.1) is 5.41 Å².